The number of rotatable bonds is 5. The highest BCUT2D eigenvalue weighted by Gasteiger charge is 2.27. The second kappa shape index (κ2) is 6.32. The number of nitro benzene ring substituents is 2. The van der Waals surface area contributed by atoms with Gasteiger partial charge in [0.15, 0.2) is 0 Å². The van der Waals surface area contributed by atoms with Gasteiger partial charge in [-0.3, -0.25) is 25.0 Å². The second-order valence-electron chi connectivity index (χ2n) is 5.21. The molecule has 0 aromatic heterocycles. The molecule has 0 unspecified atom stereocenters. The van der Waals surface area contributed by atoms with Crippen LogP contribution in [0.15, 0.2) is 30.3 Å². The molecule has 2 aromatic rings. The molecule has 1 amide bonds. The number of benzene rings is 2. The van der Waals surface area contributed by atoms with Crippen LogP contribution in [-0.2, 0) is 0 Å². The highest BCUT2D eigenvalue weighted by Crippen LogP contribution is 2.36. The summed E-state index contributed by atoms with van der Waals surface area (Å²) < 4.78 is 0. The van der Waals surface area contributed by atoms with E-state index >= 15 is 0 Å². The van der Waals surface area contributed by atoms with Crippen LogP contribution in [0.4, 0.5) is 22.7 Å². The smallest absolute Gasteiger partial charge is 0.300 e. The van der Waals surface area contributed by atoms with Gasteiger partial charge in [-0.15, -0.1) is 0 Å². The Kier molecular flexibility index (Phi) is 4.45. The van der Waals surface area contributed by atoms with Gasteiger partial charge in [0, 0.05) is 11.8 Å². The normalized spacial score (nSPS) is 10.2. The molecule has 3 N–H and O–H groups in total. The van der Waals surface area contributed by atoms with Gasteiger partial charge >= 0.3 is 0 Å². The lowest BCUT2D eigenvalue weighted by molar-refractivity contribution is -0.393. The fraction of sp³-hybridized carbons (Fsp3) is 0.133. The summed E-state index contributed by atoms with van der Waals surface area (Å²) in [5, 5.41) is 25.0. The number of nitrogens with one attached hydrogen (secondary N) is 1. The largest absolute Gasteiger partial charge is 0.366 e. The minimum absolute atomic E-state index is 0.176. The first kappa shape index (κ1) is 16.9. The van der Waals surface area contributed by atoms with Gasteiger partial charge in [-0.2, -0.15) is 0 Å². The Hall–Kier alpha value is -3.49. The summed E-state index contributed by atoms with van der Waals surface area (Å²) in [6.07, 6.45) is 0. The van der Waals surface area contributed by atoms with Crippen LogP contribution in [0.25, 0.3) is 0 Å². The Morgan fingerprint density at radius 1 is 1.08 bits per heavy atom. The maximum absolute atomic E-state index is 11.6. The highest BCUT2D eigenvalue weighted by atomic mass is 16.6. The van der Waals surface area contributed by atoms with Crippen molar-refractivity contribution in [3.8, 4) is 0 Å². The summed E-state index contributed by atoms with van der Waals surface area (Å²) in [4.78, 5) is 32.2. The summed E-state index contributed by atoms with van der Waals surface area (Å²) in [6.45, 7) is 3.68. The molecule has 124 valence electrons. The fourth-order valence-corrected chi connectivity index (χ4v) is 2.28. The predicted octanol–water partition coefficient (Wildman–Crippen LogP) is 2.96. The highest BCUT2D eigenvalue weighted by molar-refractivity contribution is 6.02. The summed E-state index contributed by atoms with van der Waals surface area (Å²) >= 11 is 0. The van der Waals surface area contributed by atoms with Crippen LogP contribution in [-0.4, -0.2) is 15.8 Å². The third kappa shape index (κ3) is 3.29. The summed E-state index contributed by atoms with van der Waals surface area (Å²) in [5.41, 5.74) is 5.87. The van der Waals surface area contributed by atoms with Gasteiger partial charge < -0.3 is 11.1 Å². The molecule has 9 nitrogen and oxygen atoms in total. The van der Waals surface area contributed by atoms with E-state index in [1.54, 1.807) is 19.1 Å². The van der Waals surface area contributed by atoms with Gasteiger partial charge in [-0.25, -0.2) is 0 Å². The lowest BCUT2D eigenvalue weighted by Gasteiger charge is -2.13. The third-order valence-electron chi connectivity index (χ3n) is 3.42. The Morgan fingerprint density at radius 3 is 2.25 bits per heavy atom. The van der Waals surface area contributed by atoms with E-state index in [1.165, 1.54) is 0 Å². The van der Waals surface area contributed by atoms with Crippen molar-refractivity contribution in [3.63, 3.8) is 0 Å². The van der Waals surface area contributed by atoms with Crippen LogP contribution in [0.1, 0.15) is 21.5 Å². The van der Waals surface area contributed by atoms with E-state index in [2.05, 4.69) is 5.32 Å². The van der Waals surface area contributed by atoms with Crippen molar-refractivity contribution < 1.29 is 14.6 Å². The minimum atomic E-state index is -1.01. The maximum atomic E-state index is 11.6. The zero-order valence-electron chi connectivity index (χ0n) is 12.9. The summed E-state index contributed by atoms with van der Waals surface area (Å²) in [7, 11) is 0. The molecule has 0 aliphatic rings. The van der Waals surface area contributed by atoms with E-state index in [1.807, 2.05) is 13.0 Å². The Balaban J connectivity index is 2.68. The van der Waals surface area contributed by atoms with E-state index in [0.29, 0.717) is 5.69 Å². The number of aryl methyl sites for hydroxylation is 2. The molecule has 0 aliphatic carbocycles. The number of hydrogen-bond acceptors (Lipinski definition) is 6. The van der Waals surface area contributed by atoms with Gasteiger partial charge in [0.05, 0.1) is 21.5 Å². The molecule has 9 heteroatoms. The molecule has 24 heavy (non-hydrogen) atoms. The topological polar surface area (TPSA) is 141 Å². The molecular weight excluding hydrogens is 316 g/mol. The molecular formula is C15H14N4O5. The number of hydrogen-bond donors (Lipinski definition) is 2. The average molecular weight is 330 g/mol. The summed E-state index contributed by atoms with van der Waals surface area (Å²) in [5.74, 6) is -1.01. The zero-order chi connectivity index (χ0) is 18.0. The van der Waals surface area contributed by atoms with Crippen LogP contribution in [0, 0.1) is 34.1 Å². The molecule has 0 fully saturated rings. The zero-order valence-corrected chi connectivity index (χ0v) is 12.9. The van der Waals surface area contributed by atoms with Crippen molar-refractivity contribution in [2.24, 2.45) is 5.73 Å². The first-order valence-corrected chi connectivity index (χ1v) is 6.81. The standard InChI is InChI=1S/C15H14N4O5/c1-8-3-4-12(9(2)5-8)17-14-11(15(16)20)6-10(18(21)22)7-13(14)19(23)24/h3-7,17H,1-2H3,(H2,16,20). The van der Waals surface area contributed by atoms with Crippen molar-refractivity contribution in [3.05, 3.63) is 67.3 Å². The van der Waals surface area contributed by atoms with Crippen LogP contribution < -0.4 is 11.1 Å². The number of carbonyl (C=O) groups is 1. The minimum Gasteiger partial charge on any atom is -0.366 e. The van der Waals surface area contributed by atoms with E-state index < -0.39 is 27.1 Å². The average Bonchev–Trinajstić information content (AvgIpc) is 2.49. The monoisotopic (exact) mass is 330 g/mol. The molecule has 0 saturated heterocycles. The Bertz CT molecular complexity index is 828. The van der Waals surface area contributed by atoms with Gasteiger partial charge in [0.1, 0.15) is 5.69 Å². The van der Waals surface area contributed by atoms with Crippen LogP contribution in [0.5, 0.6) is 0 Å². The van der Waals surface area contributed by atoms with Gasteiger partial charge in [-0.1, -0.05) is 17.7 Å². The summed E-state index contributed by atoms with van der Waals surface area (Å²) in [6, 6.07) is 7.04. The molecule has 2 rings (SSSR count). The molecule has 0 atom stereocenters. The maximum Gasteiger partial charge on any atom is 0.300 e. The number of nitrogens with two attached hydrogens (primary N) is 1. The Labute approximate surface area is 136 Å². The van der Waals surface area contributed by atoms with Crippen molar-refractivity contribution in [1.82, 2.24) is 0 Å². The number of amides is 1. The quantitative estimate of drug-likeness (QED) is 0.637. The molecule has 0 bridgehead atoms. The number of primary amides is 1. The Morgan fingerprint density at radius 2 is 1.75 bits per heavy atom. The third-order valence-corrected chi connectivity index (χ3v) is 3.42. The molecule has 0 saturated carbocycles. The first-order valence-electron chi connectivity index (χ1n) is 6.81. The van der Waals surface area contributed by atoms with E-state index in [-0.39, 0.29) is 11.3 Å². The van der Waals surface area contributed by atoms with Crippen LogP contribution >= 0.6 is 0 Å². The molecule has 0 radical (unpaired) electrons. The van der Waals surface area contributed by atoms with Gasteiger partial charge in [0.25, 0.3) is 17.3 Å². The predicted molar refractivity (Wildman–Crippen MR) is 87.5 cm³/mol. The van der Waals surface area contributed by atoms with Crippen molar-refractivity contribution >= 4 is 28.7 Å². The SMILES string of the molecule is Cc1ccc(Nc2c(C(N)=O)cc([N+](=O)[O-])cc2[N+](=O)[O-])c(C)c1. The molecule has 0 heterocycles. The molecule has 2 aromatic carbocycles. The van der Waals surface area contributed by atoms with Crippen molar-refractivity contribution in [2.75, 3.05) is 5.32 Å². The molecule has 0 spiro atoms. The fourth-order valence-electron chi connectivity index (χ4n) is 2.28. The number of non-ortho nitro benzene ring substituents is 1. The van der Waals surface area contributed by atoms with Crippen molar-refractivity contribution in [2.45, 2.75) is 13.8 Å². The first-order chi connectivity index (χ1) is 11.2. The van der Waals surface area contributed by atoms with E-state index in [9.17, 15) is 25.0 Å². The van der Waals surface area contributed by atoms with Crippen molar-refractivity contribution in [1.29, 1.82) is 0 Å². The van der Waals surface area contributed by atoms with Crippen LogP contribution in [0.2, 0.25) is 0 Å². The second-order valence-corrected chi connectivity index (χ2v) is 5.21. The number of nitro groups is 2. The lowest BCUT2D eigenvalue weighted by atomic mass is 10.1. The number of nitrogens with zero attached hydrogens (tertiary/aromatic N) is 2. The lowest BCUT2D eigenvalue weighted by Crippen LogP contribution is -2.15. The van der Waals surface area contributed by atoms with Gasteiger partial charge in [0.2, 0.25) is 0 Å². The number of carbonyl (C=O) groups excluding carboxylic acids is 1. The number of anilines is 2. The van der Waals surface area contributed by atoms with Gasteiger partial charge in [-0.05, 0) is 25.5 Å². The molecule has 0 aliphatic heterocycles. The van der Waals surface area contributed by atoms with E-state index in [0.717, 1.165) is 23.3 Å². The van der Waals surface area contributed by atoms with E-state index in [4.69, 9.17) is 5.73 Å². The van der Waals surface area contributed by atoms with Crippen LogP contribution in [0.3, 0.4) is 0 Å².